The first-order chi connectivity index (χ1) is 15.8. The van der Waals surface area contributed by atoms with E-state index in [4.69, 9.17) is 15.1 Å². The lowest BCUT2D eigenvalue weighted by molar-refractivity contribution is 0.643. The third kappa shape index (κ3) is 3.90. The summed E-state index contributed by atoms with van der Waals surface area (Å²) in [6.07, 6.45) is 3.37. The summed E-state index contributed by atoms with van der Waals surface area (Å²) in [6.45, 7) is 13.9. The van der Waals surface area contributed by atoms with Crippen molar-refractivity contribution in [3.63, 3.8) is 0 Å². The fraction of sp³-hybridized carbons (Fsp3) is 0.519. The van der Waals surface area contributed by atoms with Gasteiger partial charge in [0, 0.05) is 56.3 Å². The molecule has 4 heterocycles. The quantitative estimate of drug-likeness (QED) is 0.556. The Morgan fingerprint density at radius 3 is 2.45 bits per heavy atom. The molecule has 33 heavy (non-hydrogen) atoms. The van der Waals surface area contributed by atoms with Gasteiger partial charge in [-0.2, -0.15) is 5.10 Å². The van der Waals surface area contributed by atoms with Gasteiger partial charge >= 0.3 is 0 Å². The van der Waals surface area contributed by atoms with Gasteiger partial charge in [-0.25, -0.2) is 9.97 Å². The number of hydrogen-bond acceptors (Lipinski definition) is 5. The van der Waals surface area contributed by atoms with E-state index in [1.165, 1.54) is 46.6 Å². The average Bonchev–Trinajstić information content (AvgIpc) is 3.38. The van der Waals surface area contributed by atoms with Crippen LogP contribution < -0.4 is 9.80 Å². The van der Waals surface area contributed by atoms with E-state index in [-0.39, 0.29) is 0 Å². The molecule has 3 aromatic rings. The molecular weight excluding hydrogens is 408 g/mol. The van der Waals surface area contributed by atoms with Crippen LogP contribution in [0.25, 0.3) is 11.4 Å². The Bertz CT molecular complexity index is 1160. The maximum absolute atomic E-state index is 5.26. The highest BCUT2D eigenvalue weighted by Gasteiger charge is 2.31. The molecule has 2 aliphatic heterocycles. The van der Waals surface area contributed by atoms with Crippen LogP contribution in [-0.2, 0) is 20.0 Å². The highest BCUT2D eigenvalue weighted by Crippen LogP contribution is 2.36. The topological polar surface area (TPSA) is 50.1 Å². The average molecular weight is 445 g/mol. The summed E-state index contributed by atoms with van der Waals surface area (Å²) < 4.78 is 2.03. The summed E-state index contributed by atoms with van der Waals surface area (Å²) in [5, 5.41) is 4.76. The van der Waals surface area contributed by atoms with Gasteiger partial charge in [0.25, 0.3) is 0 Å². The van der Waals surface area contributed by atoms with Crippen molar-refractivity contribution < 1.29 is 0 Å². The van der Waals surface area contributed by atoms with E-state index in [9.17, 15) is 0 Å². The summed E-state index contributed by atoms with van der Waals surface area (Å²) in [7, 11) is 2.06. The van der Waals surface area contributed by atoms with Gasteiger partial charge in [-0.15, -0.1) is 0 Å². The van der Waals surface area contributed by atoms with E-state index in [1.54, 1.807) is 0 Å². The van der Waals surface area contributed by atoms with Crippen molar-refractivity contribution in [1.82, 2.24) is 19.7 Å². The van der Waals surface area contributed by atoms with E-state index in [0.29, 0.717) is 12.0 Å². The molecular formula is C27H36N6. The van der Waals surface area contributed by atoms with Gasteiger partial charge in [-0.3, -0.25) is 4.68 Å². The smallest absolute Gasteiger partial charge is 0.162 e. The predicted molar refractivity (Wildman–Crippen MR) is 135 cm³/mol. The Morgan fingerprint density at radius 2 is 1.82 bits per heavy atom. The van der Waals surface area contributed by atoms with Gasteiger partial charge in [-0.05, 0) is 50.7 Å². The minimum absolute atomic E-state index is 0.422. The van der Waals surface area contributed by atoms with Crippen LogP contribution in [0.4, 0.5) is 11.6 Å². The number of fused-ring (bicyclic) bond motifs is 1. The lowest BCUT2D eigenvalue weighted by atomic mass is 10.0. The van der Waals surface area contributed by atoms with E-state index in [1.807, 2.05) is 4.68 Å². The normalized spacial score (nSPS) is 18.3. The molecule has 0 spiro atoms. The fourth-order valence-electron chi connectivity index (χ4n) is 5.41. The van der Waals surface area contributed by atoms with Crippen LogP contribution in [0.1, 0.15) is 67.6 Å². The van der Waals surface area contributed by atoms with Crippen LogP contribution in [0.5, 0.6) is 0 Å². The number of aromatic nitrogens is 4. The Hall–Kier alpha value is -2.89. The second-order valence-electron chi connectivity index (χ2n) is 10.1. The SMILES string of the molecule is Cc1cccc(C)c1-c1nc2c(c(N3CCC[C@H]3C)n1)CN(c1cc(C(C)C)nn1C)CC2. The summed E-state index contributed by atoms with van der Waals surface area (Å²) >= 11 is 0. The van der Waals surface area contributed by atoms with Crippen LogP contribution in [0.2, 0.25) is 0 Å². The van der Waals surface area contributed by atoms with Crippen LogP contribution in [-0.4, -0.2) is 38.9 Å². The molecule has 0 amide bonds. The molecule has 0 N–H and O–H groups in total. The number of anilines is 2. The van der Waals surface area contributed by atoms with Gasteiger partial charge < -0.3 is 9.80 Å². The maximum atomic E-state index is 5.26. The maximum Gasteiger partial charge on any atom is 0.162 e. The van der Waals surface area contributed by atoms with Gasteiger partial charge in [0.05, 0.1) is 11.4 Å². The van der Waals surface area contributed by atoms with Crippen molar-refractivity contribution in [3.8, 4) is 11.4 Å². The van der Waals surface area contributed by atoms with Gasteiger partial charge in [0.15, 0.2) is 5.82 Å². The van der Waals surface area contributed by atoms with Crippen molar-refractivity contribution >= 4 is 11.6 Å². The second-order valence-corrected chi connectivity index (χ2v) is 10.1. The molecule has 2 aliphatic rings. The molecule has 1 aromatic carbocycles. The Morgan fingerprint density at radius 1 is 1.06 bits per heavy atom. The van der Waals surface area contributed by atoms with Crippen LogP contribution in [0.3, 0.4) is 0 Å². The van der Waals surface area contributed by atoms with E-state index < -0.39 is 0 Å². The first kappa shape index (κ1) is 21.9. The number of rotatable bonds is 4. The molecule has 0 bridgehead atoms. The van der Waals surface area contributed by atoms with Crippen molar-refractivity contribution in [3.05, 3.63) is 52.3 Å². The molecule has 2 aromatic heterocycles. The van der Waals surface area contributed by atoms with Crippen LogP contribution >= 0.6 is 0 Å². The van der Waals surface area contributed by atoms with Crippen LogP contribution in [0.15, 0.2) is 24.3 Å². The Balaban J connectivity index is 1.60. The van der Waals surface area contributed by atoms with Gasteiger partial charge in [-0.1, -0.05) is 32.0 Å². The third-order valence-corrected chi connectivity index (χ3v) is 7.36. The Labute approximate surface area is 197 Å². The molecule has 174 valence electrons. The van der Waals surface area contributed by atoms with Crippen molar-refractivity contribution in [2.24, 2.45) is 7.05 Å². The lowest BCUT2D eigenvalue weighted by Crippen LogP contribution is -2.36. The molecule has 1 atom stereocenters. The summed E-state index contributed by atoms with van der Waals surface area (Å²) in [4.78, 5) is 15.4. The van der Waals surface area contributed by atoms with E-state index in [2.05, 4.69) is 75.7 Å². The largest absolute Gasteiger partial charge is 0.353 e. The van der Waals surface area contributed by atoms with Crippen LogP contribution in [0, 0.1) is 13.8 Å². The number of nitrogens with zero attached hydrogens (tertiary/aromatic N) is 6. The standard InChI is InChI=1S/C27H36N6/c1-17(2)23-15-24(31(6)30-23)32-14-12-22-21(16-32)27(33-13-8-11-20(33)5)29-26(28-22)25-18(3)9-7-10-19(25)4/h7,9-10,15,17,20H,8,11-14,16H2,1-6H3/t20-/m1/s1. The molecule has 0 unspecified atom stereocenters. The number of benzene rings is 1. The third-order valence-electron chi connectivity index (χ3n) is 7.36. The Kier molecular flexibility index (Phi) is 5.63. The highest BCUT2D eigenvalue weighted by atomic mass is 15.4. The van der Waals surface area contributed by atoms with E-state index in [0.717, 1.165) is 43.4 Å². The molecule has 0 aliphatic carbocycles. The van der Waals surface area contributed by atoms with Gasteiger partial charge in [0.2, 0.25) is 0 Å². The molecule has 0 radical (unpaired) electrons. The zero-order chi connectivity index (χ0) is 23.3. The summed E-state index contributed by atoms with van der Waals surface area (Å²) in [5.74, 6) is 3.63. The molecule has 6 nitrogen and oxygen atoms in total. The molecule has 1 saturated heterocycles. The first-order valence-corrected chi connectivity index (χ1v) is 12.4. The first-order valence-electron chi connectivity index (χ1n) is 12.4. The number of hydrogen-bond donors (Lipinski definition) is 0. The minimum Gasteiger partial charge on any atom is -0.353 e. The predicted octanol–water partition coefficient (Wildman–Crippen LogP) is 5.17. The van der Waals surface area contributed by atoms with E-state index >= 15 is 0 Å². The zero-order valence-electron chi connectivity index (χ0n) is 20.9. The molecule has 1 fully saturated rings. The lowest BCUT2D eigenvalue weighted by Gasteiger charge is -2.34. The van der Waals surface area contributed by atoms with Crippen molar-refractivity contribution in [2.45, 2.75) is 72.4 Å². The monoisotopic (exact) mass is 444 g/mol. The fourth-order valence-corrected chi connectivity index (χ4v) is 5.41. The highest BCUT2D eigenvalue weighted by molar-refractivity contribution is 5.68. The summed E-state index contributed by atoms with van der Waals surface area (Å²) in [6, 6.07) is 9.21. The van der Waals surface area contributed by atoms with Crippen molar-refractivity contribution in [1.29, 1.82) is 0 Å². The minimum atomic E-state index is 0.422. The second kappa shape index (κ2) is 8.47. The van der Waals surface area contributed by atoms with Crippen molar-refractivity contribution in [2.75, 3.05) is 22.9 Å². The molecule has 0 saturated carbocycles. The molecule has 6 heteroatoms. The van der Waals surface area contributed by atoms with Gasteiger partial charge in [0.1, 0.15) is 11.6 Å². The summed E-state index contributed by atoms with van der Waals surface area (Å²) in [5.41, 5.74) is 7.31. The molecule has 5 rings (SSSR count). The number of aryl methyl sites for hydroxylation is 3. The zero-order valence-corrected chi connectivity index (χ0v) is 20.9.